The molecule has 0 aliphatic carbocycles. The van der Waals surface area contributed by atoms with Crippen LogP contribution in [0.25, 0.3) is 0 Å². The SMILES string of the molecule is C[C@H](N)c1cc(CN2CCOCC2)on1. The molecule has 0 amide bonds. The highest BCUT2D eigenvalue weighted by Crippen LogP contribution is 2.12. The molecule has 1 saturated heterocycles. The zero-order valence-corrected chi connectivity index (χ0v) is 8.98. The van der Waals surface area contributed by atoms with Crippen LogP contribution in [0.15, 0.2) is 10.6 Å². The third-order valence-electron chi connectivity index (χ3n) is 2.53. The minimum atomic E-state index is -0.0628. The van der Waals surface area contributed by atoms with Crippen molar-refractivity contribution in [2.45, 2.75) is 19.5 Å². The smallest absolute Gasteiger partial charge is 0.151 e. The van der Waals surface area contributed by atoms with E-state index < -0.39 is 0 Å². The predicted molar refractivity (Wildman–Crippen MR) is 55.2 cm³/mol. The summed E-state index contributed by atoms with van der Waals surface area (Å²) in [7, 11) is 0. The molecule has 0 spiro atoms. The lowest BCUT2D eigenvalue weighted by atomic mass is 10.2. The molecular formula is C10H17N3O2. The van der Waals surface area contributed by atoms with Gasteiger partial charge in [-0.05, 0) is 6.92 Å². The van der Waals surface area contributed by atoms with Crippen LogP contribution in [0.2, 0.25) is 0 Å². The van der Waals surface area contributed by atoms with Crippen molar-refractivity contribution in [1.82, 2.24) is 10.1 Å². The number of morpholine rings is 1. The zero-order valence-electron chi connectivity index (χ0n) is 8.98. The van der Waals surface area contributed by atoms with E-state index in [1.807, 2.05) is 13.0 Å². The van der Waals surface area contributed by atoms with Crippen LogP contribution in [0.1, 0.15) is 24.4 Å². The van der Waals surface area contributed by atoms with E-state index >= 15 is 0 Å². The first kappa shape index (κ1) is 10.6. The van der Waals surface area contributed by atoms with Crippen molar-refractivity contribution < 1.29 is 9.26 Å². The maximum absolute atomic E-state index is 5.70. The molecule has 2 heterocycles. The Morgan fingerprint density at radius 1 is 1.53 bits per heavy atom. The van der Waals surface area contributed by atoms with Crippen LogP contribution in [0.3, 0.4) is 0 Å². The van der Waals surface area contributed by atoms with E-state index in [2.05, 4.69) is 10.1 Å². The molecule has 1 aromatic heterocycles. The molecule has 0 aromatic carbocycles. The van der Waals surface area contributed by atoms with Gasteiger partial charge in [0, 0.05) is 25.2 Å². The summed E-state index contributed by atoms with van der Waals surface area (Å²) in [6.07, 6.45) is 0. The van der Waals surface area contributed by atoms with Crippen molar-refractivity contribution in [3.05, 3.63) is 17.5 Å². The molecule has 1 aromatic rings. The van der Waals surface area contributed by atoms with Gasteiger partial charge in [-0.15, -0.1) is 0 Å². The van der Waals surface area contributed by atoms with Crippen LogP contribution in [0.5, 0.6) is 0 Å². The minimum absolute atomic E-state index is 0.0628. The van der Waals surface area contributed by atoms with Crippen molar-refractivity contribution in [2.75, 3.05) is 26.3 Å². The largest absolute Gasteiger partial charge is 0.379 e. The number of aromatic nitrogens is 1. The predicted octanol–water partition coefficient (Wildman–Crippen LogP) is 0.526. The summed E-state index contributed by atoms with van der Waals surface area (Å²) >= 11 is 0. The normalized spacial score (nSPS) is 20.4. The third-order valence-corrected chi connectivity index (χ3v) is 2.53. The number of rotatable bonds is 3. The molecular weight excluding hydrogens is 194 g/mol. The summed E-state index contributed by atoms with van der Waals surface area (Å²) in [5, 5.41) is 3.92. The average molecular weight is 211 g/mol. The van der Waals surface area contributed by atoms with Gasteiger partial charge >= 0.3 is 0 Å². The number of hydrogen-bond acceptors (Lipinski definition) is 5. The Bertz CT molecular complexity index is 305. The van der Waals surface area contributed by atoms with E-state index in [1.54, 1.807) is 0 Å². The van der Waals surface area contributed by atoms with Crippen LogP contribution in [-0.4, -0.2) is 36.4 Å². The summed E-state index contributed by atoms with van der Waals surface area (Å²) in [4.78, 5) is 2.29. The Kier molecular flexibility index (Phi) is 3.35. The first-order valence-electron chi connectivity index (χ1n) is 5.27. The minimum Gasteiger partial charge on any atom is -0.379 e. The molecule has 0 unspecified atom stereocenters. The zero-order chi connectivity index (χ0) is 10.7. The van der Waals surface area contributed by atoms with E-state index in [1.165, 1.54) is 0 Å². The Morgan fingerprint density at radius 3 is 2.87 bits per heavy atom. The van der Waals surface area contributed by atoms with Gasteiger partial charge in [-0.1, -0.05) is 5.16 Å². The van der Waals surface area contributed by atoms with Gasteiger partial charge in [0.2, 0.25) is 0 Å². The fraction of sp³-hybridized carbons (Fsp3) is 0.700. The standard InChI is InChI=1S/C10H17N3O2/c1-8(11)10-6-9(15-12-10)7-13-2-4-14-5-3-13/h6,8H,2-5,7,11H2,1H3/t8-/m0/s1. The lowest BCUT2D eigenvalue weighted by molar-refractivity contribution is 0.0305. The van der Waals surface area contributed by atoms with Gasteiger partial charge < -0.3 is 15.0 Å². The summed E-state index contributed by atoms with van der Waals surface area (Å²) < 4.78 is 10.5. The van der Waals surface area contributed by atoms with E-state index in [4.69, 9.17) is 15.0 Å². The molecule has 2 N–H and O–H groups in total. The van der Waals surface area contributed by atoms with Crippen LogP contribution < -0.4 is 5.73 Å². The molecule has 0 radical (unpaired) electrons. The van der Waals surface area contributed by atoms with E-state index in [0.29, 0.717) is 0 Å². The van der Waals surface area contributed by atoms with Crippen molar-refractivity contribution in [3.8, 4) is 0 Å². The molecule has 5 nitrogen and oxygen atoms in total. The van der Waals surface area contributed by atoms with Gasteiger partial charge in [0.25, 0.3) is 0 Å². The van der Waals surface area contributed by atoms with Crippen LogP contribution >= 0.6 is 0 Å². The molecule has 1 aliphatic rings. The van der Waals surface area contributed by atoms with Crippen molar-refractivity contribution in [3.63, 3.8) is 0 Å². The van der Waals surface area contributed by atoms with Gasteiger partial charge in [0.05, 0.1) is 19.8 Å². The average Bonchev–Trinajstić information content (AvgIpc) is 2.68. The van der Waals surface area contributed by atoms with Crippen LogP contribution in [-0.2, 0) is 11.3 Å². The summed E-state index contributed by atoms with van der Waals surface area (Å²) in [6.45, 7) is 6.20. The second-order valence-electron chi connectivity index (χ2n) is 3.90. The molecule has 1 fully saturated rings. The number of nitrogens with zero attached hydrogens (tertiary/aromatic N) is 2. The first-order chi connectivity index (χ1) is 7.25. The van der Waals surface area contributed by atoms with Gasteiger partial charge in [-0.25, -0.2) is 0 Å². The molecule has 15 heavy (non-hydrogen) atoms. The lowest BCUT2D eigenvalue weighted by Crippen LogP contribution is -2.35. The molecule has 1 aliphatic heterocycles. The quantitative estimate of drug-likeness (QED) is 0.790. The number of hydrogen-bond donors (Lipinski definition) is 1. The number of ether oxygens (including phenoxy) is 1. The fourth-order valence-electron chi connectivity index (χ4n) is 1.60. The van der Waals surface area contributed by atoms with Gasteiger partial charge in [-0.3, -0.25) is 4.90 Å². The third kappa shape index (κ3) is 2.77. The van der Waals surface area contributed by atoms with Gasteiger partial charge in [-0.2, -0.15) is 0 Å². The van der Waals surface area contributed by atoms with E-state index in [9.17, 15) is 0 Å². The highest BCUT2D eigenvalue weighted by molar-refractivity contribution is 5.08. The van der Waals surface area contributed by atoms with Crippen LogP contribution in [0.4, 0.5) is 0 Å². The van der Waals surface area contributed by atoms with Crippen molar-refractivity contribution in [2.24, 2.45) is 5.73 Å². The molecule has 1 atom stereocenters. The molecule has 0 bridgehead atoms. The molecule has 0 saturated carbocycles. The second-order valence-corrected chi connectivity index (χ2v) is 3.90. The summed E-state index contributed by atoms with van der Waals surface area (Å²) in [6, 6.07) is 1.87. The van der Waals surface area contributed by atoms with Crippen molar-refractivity contribution in [1.29, 1.82) is 0 Å². The number of nitrogens with two attached hydrogens (primary N) is 1. The Balaban J connectivity index is 1.91. The fourth-order valence-corrected chi connectivity index (χ4v) is 1.60. The van der Waals surface area contributed by atoms with Crippen LogP contribution in [0, 0.1) is 0 Å². The Hall–Kier alpha value is -0.910. The van der Waals surface area contributed by atoms with Crippen molar-refractivity contribution >= 4 is 0 Å². The topological polar surface area (TPSA) is 64.5 Å². The second kappa shape index (κ2) is 4.74. The monoisotopic (exact) mass is 211 g/mol. The maximum Gasteiger partial charge on any atom is 0.151 e. The van der Waals surface area contributed by atoms with Gasteiger partial charge in [0.1, 0.15) is 5.69 Å². The Morgan fingerprint density at radius 2 is 2.27 bits per heavy atom. The lowest BCUT2D eigenvalue weighted by Gasteiger charge is -2.25. The summed E-state index contributed by atoms with van der Waals surface area (Å²) in [5.74, 6) is 0.879. The summed E-state index contributed by atoms with van der Waals surface area (Å²) in [5.41, 5.74) is 6.52. The first-order valence-corrected chi connectivity index (χ1v) is 5.27. The molecule has 5 heteroatoms. The maximum atomic E-state index is 5.70. The Labute approximate surface area is 89.2 Å². The highest BCUT2D eigenvalue weighted by atomic mass is 16.5. The van der Waals surface area contributed by atoms with E-state index in [0.717, 1.165) is 44.3 Å². The highest BCUT2D eigenvalue weighted by Gasteiger charge is 2.14. The molecule has 2 rings (SSSR count). The van der Waals surface area contributed by atoms with Gasteiger partial charge in [0.15, 0.2) is 5.76 Å². The molecule has 84 valence electrons. The van der Waals surface area contributed by atoms with E-state index in [-0.39, 0.29) is 6.04 Å².